The fourth-order valence-electron chi connectivity index (χ4n) is 2.26. The number of carboxylic acids is 1. The van der Waals surface area contributed by atoms with E-state index < -0.39 is 29.9 Å². The molecule has 2 aromatic rings. The van der Waals surface area contributed by atoms with E-state index in [0.29, 0.717) is 11.2 Å². The Bertz CT molecular complexity index is 808. The van der Waals surface area contributed by atoms with Gasteiger partial charge in [0.05, 0.1) is 11.9 Å². The number of aromatic nitrogens is 1. The Hall–Kier alpha value is -2.51. The van der Waals surface area contributed by atoms with Crippen LogP contribution in [-0.2, 0) is 18.3 Å². The molecule has 118 valence electrons. The highest BCUT2D eigenvalue weighted by molar-refractivity contribution is 5.83. The molecule has 1 aromatic heterocycles. The Morgan fingerprint density at radius 3 is 2.55 bits per heavy atom. The van der Waals surface area contributed by atoms with Crippen molar-refractivity contribution in [1.82, 2.24) is 4.57 Å². The predicted molar refractivity (Wildman–Crippen MR) is 71.9 cm³/mol. The summed E-state index contributed by atoms with van der Waals surface area (Å²) in [6.07, 6.45) is -5.37. The smallest absolute Gasteiger partial charge is 0.481 e. The van der Waals surface area contributed by atoms with Gasteiger partial charge in [0.1, 0.15) is 5.75 Å². The second kappa shape index (κ2) is 5.36. The molecule has 0 bridgehead atoms. The molecule has 0 spiro atoms. The van der Waals surface area contributed by atoms with Gasteiger partial charge < -0.3 is 14.4 Å². The van der Waals surface area contributed by atoms with Crippen molar-refractivity contribution in [3.8, 4) is 5.75 Å². The summed E-state index contributed by atoms with van der Waals surface area (Å²) in [5, 5.41) is 8.84. The zero-order valence-corrected chi connectivity index (χ0v) is 11.7. The van der Waals surface area contributed by atoms with E-state index in [0.717, 1.165) is 12.1 Å². The molecule has 0 fully saturated rings. The highest BCUT2D eigenvalue weighted by Gasteiger charge is 2.31. The van der Waals surface area contributed by atoms with Crippen molar-refractivity contribution < 1.29 is 27.8 Å². The summed E-state index contributed by atoms with van der Waals surface area (Å²) in [5.41, 5.74) is 0.267. The van der Waals surface area contributed by atoms with Gasteiger partial charge in [-0.2, -0.15) is 0 Å². The van der Waals surface area contributed by atoms with Crippen LogP contribution in [0.5, 0.6) is 5.75 Å². The number of rotatable bonds is 3. The van der Waals surface area contributed by atoms with E-state index in [1.165, 1.54) is 6.07 Å². The van der Waals surface area contributed by atoms with Gasteiger partial charge in [0.15, 0.2) is 5.43 Å². The third-order valence-electron chi connectivity index (χ3n) is 3.35. The van der Waals surface area contributed by atoms with Crippen molar-refractivity contribution >= 4 is 16.9 Å². The highest BCUT2D eigenvalue weighted by Crippen LogP contribution is 2.26. The second-order valence-corrected chi connectivity index (χ2v) is 4.75. The number of halogens is 3. The molecule has 0 radical (unpaired) electrons. The van der Waals surface area contributed by atoms with Crippen molar-refractivity contribution in [2.24, 2.45) is 7.05 Å². The summed E-state index contributed by atoms with van der Waals surface area (Å²) in [4.78, 5) is 23.2. The molecule has 2 rings (SSSR count). The van der Waals surface area contributed by atoms with Crippen LogP contribution >= 0.6 is 0 Å². The Kier molecular flexibility index (Phi) is 3.87. The largest absolute Gasteiger partial charge is 0.573 e. The zero-order valence-electron chi connectivity index (χ0n) is 11.7. The monoisotopic (exact) mass is 315 g/mol. The number of benzene rings is 1. The SMILES string of the molecule is Cc1c(CC(=O)O)c(=O)c2cc(OC(F)(F)F)ccc2n1C. The topological polar surface area (TPSA) is 68.5 Å². The molecule has 0 unspecified atom stereocenters. The first-order valence-corrected chi connectivity index (χ1v) is 6.20. The van der Waals surface area contributed by atoms with Gasteiger partial charge in [-0.1, -0.05) is 0 Å². The predicted octanol–water partition coefficient (Wildman–Crippen LogP) is 2.37. The number of alkyl halides is 3. The van der Waals surface area contributed by atoms with Crippen LogP contribution in [0.25, 0.3) is 10.9 Å². The minimum absolute atomic E-state index is 0.0221. The number of carboxylic acid groups (broad SMARTS) is 1. The maximum Gasteiger partial charge on any atom is 0.573 e. The number of aryl methyl sites for hydroxylation is 1. The third-order valence-corrected chi connectivity index (χ3v) is 3.35. The summed E-state index contributed by atoms with van der Waals surface area (Å²) in [6, 6.07) is 3.40. The Morgan fingerprint density at radius 1 is 1.36 bits per heavy atom. The molecule has 0 atom stereocenters. The zero-order chi connectivity index (χ0) is 16.7. The maximum absolute atomic E-state index is 12.3. The van der Waals surface area contributed by atoms with Crippen LogP contribution in [0.2, 0.25) is 0 Å². The lowest BCUT2D eigenvalue weighted by atomic mass is 10.1. The first-order valence-electron chi connectivity index (χ1n) is 6.20. The molecule has 8 heteroatoms. The van der Waals surface area contributed by atoms with Crippen LogP contribution in [-0.4, -0.2) is 22.0 Å². The van der Waals surface area contributed by atoms with E-state index >= 15 is 0 Å². The lowest BCUT2D eigenvalue weighted by Crippen LogP contribution is -2.21. The van der Waals surface area contributed by atoms with Crippen LogP contribution in [0.1, 0.15) is 11.3 Å². The number of hydrogen-bond donors (Lipinski definition) is 1. The summed E-state index contributed by atoms with van der Waals surface area (Å²) < 4.78 is 42.1. The molecule has 22 heavy (non-hydrogen) atoms. The number of aliphatic carboxylic acids is 1. The van der Waals surface area contributed by atoms with Gasteiger partial charge in [-0.3, -0.25) is 9.59 Å². The van der Waals surface area contributed by atoms with Crippen molar-refractivity contribution in [3.63, 3.8) is 0 Å². The van der Waals surface area contributed by atoms with E-state index in [2.05, 4.69) is 4.74 Å². The molecule has 0 saturated heterocycles. The summed E-state index contributed by atoms with van der Waals surface area (Å²) in [6.45, 7) is 1.58. The number of nitrogens with zero attached hydrogens (tertiary/aromatic N) is 1. The van der Waals surface area contributed by atoms with Gasteiger partial charge in [0.2, 0.25) is 0 Å². The number of pyridine rings is 1. The van der Waals surface area contributed by atoms with Gasteiger partial charge in [0, 0.05) is 23.7 Å². The number of ether oxygens (including phenoxy) is 1. The van der Waals surface area contributed by atoms with Crippen LogP contribution in [0.3, 0.4) is 0 Å². The minimum Gasteiger partial charge on any atom is -0.481 e. The Morgan fingerprint density at radius 2 is 2.00 bits per heavy atom. The van der Waals surface area contributed by atoms with E-state index in [1.54, 1.807) is 18.5 Å². The minimum atomic E-state index is -4.87. The maximum atomic E-state index is 12.3. The molecular formula is C14H12F3NO4. The number of hydrogen-bond acceptors (Lipinski definition) is 3. The molecule has 1 N–H and O–H groups in total. The Labute approximate surface area is 122 Å². The first-order chi connectivity index (χ1) is 10.1. The molecule has 0 aliphatic carbocycles. The third kappa shape index (κ3) is 3.05. The molecule has 0 amide bonds. The van der Waals surface area contributed by atoms with E-state index in [1.807, 2.05) is 0 Å². The molecular weight excluding hydrogens is 303 g/mol. The van der Waals surface area contributed by atoms with Crippen molar-refractivity contribution in [3.05, 3.63) is 39.7 Å². The second-order valence-electron chi connectivity index (χ2n) is 4.75. The highest BCUT2D eigenvalue weighted by atomic mass is 19.4. The first kappa shape index (κ1) is 15.9. The molecule has 5 nitrogen and oxygen atoms in total. The molecule has 1 aromatic carbocycles. The summed E-state index contributed by atoms with van der Waals surface area (Å²) >= 11 is 0. The molecule has 0 aliphatic heterocycles. The Balaban J connectivity index is 2.70. The van der Waals surface area contributed by atoms with Gasteiger partial charge in [0.25, 0.3) is 0 Å². The summed E-state index contributed by atoms with van der Waals surface area (Å²) in [5.74, 6) is -1.72. The average Bonchev–Trinajstić information content (AvgIpc) is 2.39. The van der Waals surface area contributed by atoms with Crippen molar-refractivity contribution in [2.75, 3.05) is 0 Å². The fraction of sp³-hybridized carbons (Fsp3) is 0.286. The number of fused-ring (bicyclic) bond motifs is 1. The lowest BCUT2D eigenvalue weighted by Gasteiger charge is -2.15. The molecule has 0 aliphatic rings. The fourth-order valence-corrected chi connectivity index (χ4v) is 2.26. The van der Waals surface area contributed by atoms with Crippen LogP contribution < -0.4 is 10.2 Å². The van der Waals surface area contributed by atoms with Crippen molar-refractivity contribution in [1.29, 1.82) is 0 Å². The summed E-state index contributed by atoms with van der Waals surface area (Å²) in [7, 11) is 1.60. The normalized spacial score (nSPS) is 11.7. The average molecular weight is 315 g/mol. The standard InChI is InChI=1S/C14H12F3NO4/c1-7-9(6-12(19)20)13(21)10-5-8(22-14(15,16)17)3-4-11(10)18(7)2/h3-5H,6H2,1-2H3,(H,19,20). The molecule has 1 heterocycles. The van der Waals surface area contributed by atoms with Gasteiger partial charge in [-0.25, -0.2) is 0 Å². The quantitative estimate of drug-likeness (QED) is 0.944. The van der Waals surface area contributed by atoms with E-state index in [9.17, 15) is 22.8 Å². The van der Waals surface area contributed by atoms with Gasteiger partial charge in [-0.15, -0.1) is 13.2 Å². The van der Waals surface area contributed by atoms with Gasteiger partial charge >= 0.3 is 12.3 Å². The van der Waals surface area contributed by atoms with E-state index in [4.69, 9.17) is 5.11 Å². The van der Waals surface area contributed by atoms with Gasteiger partial charge in [-0.05, 0) is 25.1 Å². The number of carbonyl (C=O) groups is 1. The van der Waals surface area contributed by atoms with Crippen LogP contribution in [0, 0.1) is 6.92 Å². The van der Waals surface area contributed by atoms with E-state index in [-0.39, 0.29) is 10.9 Å². The molecule has 0 saturated carbocycles. The van der Waals surface area contributed by atoms with Crippen molar-refractivity contribution in [2.45, 2.75) is 19.7 Å². The lowest BCUT2D eigenvalue weighted by molar-refractivity contribution is -0.274. The van der Waals surface area contributed by atoms with Crippen LogP contribution in [0.4, 0.5) is 13.2 Å². The van der Waals surface area contributed by atoms with Crippen LogP contribution in [0.15, 0.2) is 23.0 Å².